The third kappa shape index (κ3) is 8.92. The number of thiophene rings is 2. The van der Waals surface area contributed by atoms with Crippen molar-refractivity contribution in [2.24, 2.45) is 0 Å². The standard InChI is InChI=1S/C14H23BO2S.C9H19BO3.C8H12S/c1-12(2,3)10-8-9-18-11(10)15-16-13(4,5)14(6,7)17-15;1-7(2)11-10-12-8(3,4)9(5,6)13-10;1-8(2,3)7-4-5-9-6-7/h8-9H,1-7H3;7H,1-6H3;4-6H,1-3H3. The minimum Gasteiger partial charge on any atom is -0.399 e. The van der Waals surface area contributed by atoms with Crippen LogP contribution in [0.15, 0.2) is 28.3 Å². The van der Waals surface area contributed by atoms with Crippen molar-refractivity contribution in [1.29, 1.82) is 0 Å². The fourth-order valence-electron chi connectivity index (χ4n) is 3.83. The van der Waals surface area contributed by atoms with E-state index in [1.165, 1.54) is 15.9 Å². The Labute approximate surface area is 254 Å². The summed E-state index contributed by atoms with van der Waals surface area (Å²) in [6.07, 6.45) is 0.120. The van der Waals surface area contributed by atoms with Crippen LogP contribution in [0.1, 0.15) is 122 Å². The summed E-state index contributed by atoms with van der Waals surface area (Å²) in [6.45, 7) is 33.7. The molecular weight excluding hydrogens is 538 g/mol. The quantitative estimate of drug-likeness (QED) is 0.335. The van der Waals surface area contributed by atoms with Crippen molar-refractivity contribution in [3.63, 3.8) is 0 Å². The predicted octanol–water partition coefficient (Wildman–Crippen LogP) is 8.39. The second kappa shape index (κ2) is 12.5. The first-order valence-corrected chi connectivity index (χ1v) is 16.2. The first kappa shape index (κ1) is 35.5. The van der Waals surface area contributed by atoms with Crippen LogP contribution in [0, 0.1) is 0 Å². The van der Waals surface area contributed by atoms with E-state index in [-0.39, 0.29) is 41.0 Å². The lowest BCUT2D eigenvalue weighted by Gasteiger charge is -2.32. The third-order valence-electron chi connectivity index (χ3n) is 7.97. The molecule has 2 aliphatic rings. The molecule has 40 heavy (non-hydrogen) atoms. The van der Waals surface area contributed by atoms with E-state index in [0.717, 1.165) is 0 Å². The molecule has 0 unspecified atom stereocenters. The third-order valence-corrected chi connectivity index (χ3v) is 9.59. The molecule has 5 nitrogen and oxygen atoms in total. The Bertz CT molecular complexity index is 1030. The molecule has 2 aromatic heterocycles. The lowest BCUT2D eigenvalue weighted by atomic mass is 9.76. The molecule has 2 saturated heterocycles. The van der Waals surface area contributed by atoms with Crippen LogP contribution in [-0.2, 0) is 34.1 Å². The van der Waals surface area contributed by atoms with Gasteiger partial charge in [-0.1, -0.05) is 41.5 Å². The average Bonchev–Trinajstić information content (AvgIpc) is 3.49. The van der Waals surface area contributed by atoms with Crippen molar-refractivity contribution >= 4 is 41.9 Å². The number of hydrogen-bond donors (Lipinski definition) is 0. The maximum absolute atomic E-state index is 6.13. The van der Waals surface area contributed by atoms with Gasteiger partial charge >= 0.3 is 14.4 Å². The van der Waals surface area contributed by atoms with Crippen molar-refractivity contribution < 1.29 is 23.3 Å². The molecule has 0 N–H and O–H groups in total. The molecule has 0 amide bonds. The van der Waals surface area contributed by atoms with Crippen LogP contribution in [0.2, 0.25) is 0 Å². The van der Waals surface area contributed by atoms with Crippen molar-refractivity contribution in [3.05, 3.63) is 39.4 Å². The highest BCUT2D eigenvalue weighted by atomic mass is 32.1. The molecule has 0 spiro atoms. The zero-order valence-corrected chi connectivity index (χ0v) is 29.6. The van der Waals surface area contributed by atoms with Crippen LogP contribution < -0.4 is 4.78 Å². The van der Waals surface area contributed by atoms with E-state index in [2.05, 4.69) is 97.5 Å². The molecule has 0 saturated carbocycles. The van der Waals surface area contributed by atoms with E-state index in [1.54, 1.807) is 22.7 Å². The second-order valence-corrected chi connectivity index (χ2v) is 16.8. The van der Waals surface area contributed by atoms with Gasteiger partial charge in [-0.25, -0.2) is 0 Å². The molecule has 226 valence electrons. The zero-order chi connectivity index (χ0) is 30.9. The van der Waals surface area contributed by atoms with Crippen LogP contribution in [-0.4, -0.2) is 42.9 Å². The second-order valence-electron chi connectivity index (χ2n) is 15.0. The molecule has 4 rings (SSSR count). The highest BCUT2D eigenvalue weighted by Crippen LogP contribution is 2.38. The highest BCUT2D eigenvalue weighted by Gasteiger charge is 2.54. The Morgan fingerprint density at radius 2 is 1.18 bits per heavy atom. The Morgan fingerprint density at radius 3 is 1.52 bits per heavy atom. The Morgan fingerprint density at radius 1 is 0.700 bits per heavy atom. The van der Waals surface area contributed by atoms with Crippen LogP contribution in [0.5, 0.6) is 0 Å². The van der Waals surface area contributed by atoms with Crippen molar-refractivity contribution in [3.8, 4) is 0 Å². The molecule has 2 aromatic rings. The van der Waals surface area contributed by atoms with E-state index in [9.17, 15) is 0 Å². The maximum atomic E-state index is 6.13. The first-order valence-electron chi connectivity index (χ1n) is 14.4. The van der Waals surface area contributed by atoms with E-state index in [0.29, 0.717) is 5.41 Å². The number of hydrogen-bond acceptors (Lipinski definition) is 7. The first-order chi connectivity index (χ1) is 17.9. The molecule has 4 heterocycles. The largest absolute Gasteiger partial charge is 0.640 e. The summed E-state index contributed by atoms with van der Waals surface area (Å²) in [5.41, 5.74) is 2.09. The van der Waals surface area contributed by atoms with Crippen molar-refractivity contribution in [2.75, 3.05) is 0 Å². The summed E-state index contributed by atoms with van der Waals surface area (Å²) in [6, 6.07) is 4.37. The summed E-state index contributed by atoms with van der Waals surface area (Å²) in [7, 11) is -0.755. The van der Waals surface area contributed by atoms with Gasteiger partial charge in [0.05, 0.1) is 22.4 Å². The summed E-state index contributed by atoms with van der Waals surface area (Å²) >= 11 is 3.49. The molecule has 2 aliphatic heterocycles. The molecule has 0 bridgehead atoms. The fourth-order valence-corrected chi connectivity index (χ4v) is 5.77. The summed E-state index contributed by atoms with van der Waals surface area (Å²) in [5.74, 6) is 0. The lowest BCUT2D eigenvalue weighted by Crippen LogP contribution is -2.41. The summed E-state index contributed by atoms with van der Waals surface area (Å²) < 4.78 is 30.2. The molecule has 9 heteroatoms. The molecular formula is C31H54B2O5S2. The van der Waals surface area contributed by atoms with Crippen LogP contribution in [0.3, 0.4) is 0 Å². The van der Waals surface area contributed by atoms with Crippen LogP contribution in [0.25, 0.3) is 0 Å². The van der Waals surface area contributed by atoms with Crippen molar-refractivity contribution in [2.45, 2.75) is 150 Å². The van der Waals surface area contributed by atoms with Gasteiger partial charge in [-0.15, -0.1) is 0 Å². The van der Waals surface area contributed by atoms with Gasteiger partial charge in [0, 0.05) is 10.9 Å². The minimum atomic E-state index is -0.523. The van der Waals surface area contributed by atoms with Gasteiger partial charge in [0.25, 0.3) is 0 Å². The summed E-state index contributed by atoms with van der Waals surface area (Å²) in [4.78, 5) is 0. The van der Waals surface area contributed by atoms with Crippen LogP contribution in [0.4, 0.5) is 0 Å². The smallest absolute Gasteiger partial charge is 0.399 e. The van der Waals surface area contributed by atoms with Gasteiger partial charge in [-0.05, 0) is 119 Å². The minimum absolute atomic E-state index is 0.120. The SMILES string of the molecule is CC(C)(C)c1ccsc1.CC(C)(C)c1ccsc1B1OC(C)(C)C(C)(C)O1.CC(C)OB1OC(C)(C)C(C)(C)O1. The van der Waals surface area contributed by atoms with Gasteiger partial charge in [0.15, 0.2) is 0 Å². The lowest BCUT2D eigenvalue weighted by molar-refractivity contribution is 0.00578. The average molecular weight is 593 g/mol. The Balaban J connectivity index is 0.000000224. The highest BCUT2D eigenvalue weighted by molar-refractivity contribution is 7.21. The molecule has 0 aliphatic carbocycles. The van der Waals surface area contributed by atoms with Gasteiger partial charge < -0.3 is 23.3 Å². The molecule has 0 radical (unpaired) electrons. The molecule has 0 atom stereocenters. The van der Waals surface area contributed by atoms with Gasteiger partial charge in [-0.2, -0.15) is 22.7 Å². The summed E-state index contributed by atoms with van der Waals surface area (Å²) in [5, 5.41) is 6.46. The van der Waals surface area contributed by atoms with Gasteiger partial charge in [0.2, 0.25) is 0 Å². The predicted molar refractivity (Wildman–Crippen MR) is 174 cm³/mol. The zero-order valence-electron chi connectivity index (χ0n) is 28.0. The molecule has 2 fully saturated rings. The van der Waals surface area contributed by atoms with Crippen LogP contribution >= 0.6 is 22.7 Å². The molecule has 0 aromatic carbocycles. The monoisotopic (exact) mass is 592 g/mol. The number of rotatable bonds is 3. The van der Waals surface area contributed by atoms with E-state index < -0.39 is 7.32 Å². The fraction of sp³-hybridized carbons (Fsp3) is 0.742. The maximum Gasteiger partial charge on any atom is 0.640 e. The van der Waals surface area contributed by atoms with E-state index >= 15 is 0 Å². The normalized spacial score (nSPS) is 21.1. The van der Waals surface area contributed by atoms with Gasteiger partial charge in [-0.3, -0.25) is 0 Å². The Kier molecular flexibility index (Phi) is 11.1. The topological polar surface area (TPSA) is 46.2 Å². The van der Waals surface area contributed by atoms with E-state index in [1.807, 2.05) is 41.5 Å². The Hall–Kier alpha value is -0.670. The van der Waals surface area contributed by atoms with Gasteiger partial charge in [0.1, 0.15) is 0 Å². The van der Waals surface area contributed by atoms with Crippen molar-refractivity contribution in [1.82, 2.24) is 0 Å². The van der Waals surface area contributed by atoms with E-state index in [4.69, 9.17) is 23.3 Å².